The second-order valence-electron chi connectivity index (χ2n) is 6.36. The molecule has 0 aliphatic heterocycles. The SMILES string of the molecule is CCNC(=NCCCc1nnc2ccccn12)NCCOc1ccc(OC)cc1.I. The standard InChI is InChI=1S/C21H28N6O2.HI/c1-3-22-21(24-14-16-29-18-11-9-17(28-2)10-12-18)23-13-6-8-20-26-25-19-7-4-5-15-27(19)20;/h4-5,7,9-12,15H,3,6,8,13-14,16H2,1-2H3,(H2,22,23,24);1H. The molecule has 0 bridgehead atoms. The van der Waals surface area contributed by atoms with Gasteiger partial charge in [0, 0.05) is 25.7 Å². The van der Waals surface area contributed by atoms with Crippen LogP contribution in [0.5, 0.6) is 11.5 Å². The van der Waals surface area contributed by atoms with Crippen molar-refractivity contribution < 1.29 is 9.47 Å². The first-order chi connectivity index (χ1) is 14.3. The summed E-state index contributed by atoms with van der Waals surface area (Å²) < 4.78 is 12.9. The van der Waals surface area contributed by atoms with E-state index in [0.717, 1.165) is 48.3 Å². The van der Waals surface area contributed by atoms with Gasteiger partial charge in [-0.1, -0.05) is 6.07 Å². The largest absolute Gasteiger partial charge is 0.497 e. The van der Waals surface area contributed by atoms with Crippen molar-refractivity contribution in [3.05, 3.63) is 54.5 Å². The van der Waals surface area contributed by atoms with Gasteiger partial charge in [0.2, 0.25) is 0 Å². The number of benzene rings is 1. The molecule has 0 spiro atoms. The van der Waals surface area contributed by atoms with E-state index in [9.17, 15) is 0 Å². The number of hydrogen-bond donors (Lipinski definition) is 2. The zero-order valence-electron chi connectivity index (χ0n) is 17.4. The molecule has 3 aromatic rings. The first kappa shape index (κ1) is 23.7. The van der Waals surface area contributed by atoms with Gasteiger partial charge in [-0.3, -0.25) is 9.39 Å². The number of nitrogens with zero attached hydrogens (tertiary/aromatic N) is 4. The number of aliphatic imine (C=N–C) groups is 1. The Morgan fingerprint density at radius 2 is 1.87 bits per heavy atom. The zero-order valence-corrected chi connectivity index (χ0v) is 19.7. The molecule has 0 fully saturated rings. The summed E-state index contributed by atoms with van der Waals surface area (Å²) in [6.45, 7) is 4.76. The van der Waals surface area contributed by atoms with Crippen molar-refractivity contribution in [2.24, 2.45) is 4.99 Å². The van der Waals surface area contributed by atoms with E-state index >= 15 is 0 Å². The van der Waals surface area contributed by atoms with Crippen molar-refractivity contribution in [1.29, 1.82) is 0 Å². The average Bonchev–Trinajstić information content (AvgIpc) is 3.17. The van der Waals surface area contributed by atoms with Gasteiger partial charge in [0.15, 0.2) is 11.6 Å². The highest BCUT2D eigenvalue weighted by Crippen LogP contribution is 2.16. The van der Waals surface area contributed by atoms with Gasteiger partial charge in [-0.15, -0.1) is 34.2 Å². The summed E-state index contributed by atoms with van der Waals surface area (Å²) >= 11 is 0. The highest BCUT2D eigenvalue weighted by atomic mass is 127. The van der Waals surface area contributed by atoms with Crippen molar-refractivity contribution in [1.82, 2.24) is 25.2 Å². The third kappa shape index (κ3) is 7.05. The van der Waals surface area contributed by atoms with E-state index in [2.05, 4.69) is 25.8 Å². The summed E-state index contributed by atoms with van der Waals surface area (Å²) in [5, 5.41) is 15.0. The molecule has 30 heavy (non-hydrogen) atoms. The van der Waals surface area contributed by atoms with Crippen LogP contribution in [0.3, 0.4) is 0 Å². The number of hydrogen-bond acceptors (Lipinski definition) is 5. The van der Waals surface area contributed by atoms with Crippen LogP contribution in [0.2, 0.25) is 0 Å². The molecule has 0 aliphatic rings. The Balaban J connectivity index is 0.00000320. The first-order valence-corrected chi connectivity index (χ1v) is 9.88. The van der Waals surface area contributed by atoms with Crippen molar-refractivity contribution in [2.75, 3.05) is 33.4 Å². The van der Waals surface area contributed by atoms with Crippen molar-refractivity contribution in [2.45, 2.75) is 19.8 Å². The number of rotatable bonds is 10. The lowest BCUT2D eigenvalue weighted by Gasteiger charge is -2.12. The molecule has 0 unspecified atom stereocenters. The Bertz CT molecular complexity index is 913. The lowest BCUT2D eigenvalue weighted by atomic mass is 10.3. The summed E-state index contributed by atoms with van der Waals surface area (Å²) in [4.78, 5) is 4.63. The first-order valence-electron chi connectivity index (χ1n) is 9.88. The maximum Gasteiger partial charge on any atom is 0.191 e. The Morgan fingerprint density at radius 1 is 1.07 bits per heavy atom. The third-order valence-corrected chi connectivity index (χ3v) is 4.28. The van der Waals surface area contributed by atoms with Crippen LogP contribution in [-0.2, 0) is 6.42 Å². The van der Waals surface area contributed by atoms with E-state index in [-0.39, 0.29) is 24.0 Å². The number of aromatic nitrogens is 3. The third-order valence-electron chi connectivity index (χ3n) is 4.28. The number of fused-ring (bicyclic) bond motifs is 1. The normalized spacial score (nSPS) is 11.1. The van der Waals surface area contributed by atoms with Gasteiger partial charge >= 0.3 is 0 Å². The van der Waals surface area contributed by atoms with Crippen molar-refractivity contribution >= 4 is 35.6 Å². The van der Waals surface area contributed by atoms with Gasteiger partial charge in [-0.2, -0.15) is 0 Å². The molecular weight excluding hydrogens is 495 g/mol. The van der Waals surface area contributed by atoms with Crippen LogP contribution in [0.1, 0.15) is 19.2 Å². The van der Waals surface area contributed by atoms with Crippen LogP contribution in [0.15, 0.2) is 53.7 Å². The molecule has 8 nitrogen and oxygen atoms in total. The molecule has 1 aromatic carbocycles. The van der Waals surface area contributed by atoms with Gasteiger partial charge in [0.1, 0.15) is 23.9 Å². The minimum Gasteiger partial charge on any atom is -0.497 e. The van der Waals surface area contributed by atoms with Crippen LogP contribution < -0.4 is 20.1 Å². The molecule has 0 amide bonds. The van der Waals surface area contributed by atoms with Crippen LogP contribution in [0.25, 0.3) is 5.65 Å². The van der Waals surface area contributed by atoms with E-state index in [1.807, 2.05) is 60.0 Å². The molecule has 2 aromatic heterocycles. The molecule has 2 heterocycles. The highest BCUT2D eigenvalue weighted by Gasteiger charge is 2.04. The van der Waals surface area contributed by atoms with Gasteiger partial charge < -0.3 is 20.1 Å². The lowest BCUT2D eigenvalue weighted by molar-refractivity contribution is 0.321. The van der Waals surface area contributed by atoms with Gasteiger partial charge in [-0.05, 0) is 49.7 Å². The number of aryl methyl sites for hydroxylation is 1. The number of methoxy groups -OCH3 is 1. The number of guanidine groups is 1. The molecule has 2 N–H and O–H groups in total. The maximum atomic E-state index is 5.73. The molecule has 0 saturated heterocycles. The predicted octanol–water partition coefficient (Wildman–Crippen LogP) is 2.92. The topological polar surface area (TPSA) is 85.1 Å². The number of halogens is 1. The Kier molecular flexibility index (Phi) is 10.2. The molecule has 0 saturated carbocycles. The van der Waals surface area contributed by atoms with Crippen LogP contribution >= 0.6 is 24.0 Å². The van der Waals surface area contributed by atoms with Crippen LogP contribution in [0, 0.1) is 0 Å². The Labute approximate surface area is 194 Å². The molecule has 3 rings (SSSR count). The Morgan fingerprint density at radius 3 is 2.63 bits per heavy atom. The fourth-order valence-electron chi connectivity index (χ4n) is 2.84. The maximum absolute atomic E-state index is 5.73. The van der Waals surface area contributed by atoms with Crippen molar-refractivity contribution in [3.8, 4) is 11.5 Å². The van der Waals surface area contributed by atoms with E-state index in [4.69, 9.17) is 9.47 Å². The summed E-state index contributed by atoms with van der Waals surface area (Å²) in [6.07, 6.45) is 3.71. The molecular formula is C21H29IN6O2. The van der Waals surface area contributed by atoms with E-state index in [0.29, 0.717) is 19.7 Å². The number of pyridine rings is 1. The molecule has 0 aliphatic carbocycles. The lowest BCUT2D eigenvalue weighted by Crippen LogP contribution is -2.39. The average molecular weight is 524 g/mol. The highest BCUT2D eigenvalue weighted by molar-refractivity contribution is 14.0. The molecule has 9 heteroatoms. The Hall–Kier alpha value is -2.56. The predicted molar refractivity (Wildman–Crippen MR) is 129 cm³/mol. The molecule has 162 valence electrons. The monoisotopic (exact) mass is 524 g/mol. The molecule has 0 atom stereocenters. The minimum absolute atomic E-state index is 0. The van der Waals surface area contributed by atoms with Gasteiger partial charge in [0.25, 0.3) is 0 Å². The zero-order chi connectivity index (χ0) is 20.3. The van der Waals surface area contributed by atoms with E-state index in [1.54, 1.807) is 7.11 Å². The number of ether oxygens (including phenoxy) is 2. The van der Waals surface area contributed by atoms with Gasteiger partial charge in [-0.25, -0.2) is 0 Å². The smallest absolute Gasteiger partial charge is 0.191 e. The second-order valence-corrected chi connectivity index (χ2v) is 6.36. The second kappa shape index (κ2) is 12.9. The number of nitrogens with one attached hydrogen (secondary N) is 2. The van der Waals surface area contributed by atoms with Gasteiger partial charge in [0.05, 0.1) is 13.7 Å². The van der Waals surface area contributed by atoms with E-state index in [1.165, 1.54) is 0 Å². The summed E-state index contributed by atoms with van der Waals surface area (Å²) in [7, 11) is 1.65. The fraction of sp³-hybridized carbons (Fsp3) is 0.381. The fourth-order valence-corrected chi connectivity index (χ4v) is 2.84. The van der Waals surface area contributed by atoms with E-state index < -0.39 is 0 Å². The summed E-state index contributed by atoms with van der Waals surface area (Å²) in [6, 6.07) is 13.5. The minimum atomic E-state index is 0. The quantitative estimate of drug-likeness (QED) is 0.184. The summed E-state index contributed by atoms with van der Waals surface area (Å²) in [5.74, 6) is 3.38. The molecule has 0 radical (unpaired) electrons. The van der Waals surface area contributed by atoms with Crippen LogP contribution in [0.4, 0.5) is 0 Å². The van der Waals surface area contributed by atoms with Crippen molar-refractivity contribution in [3.63, 3.8) is 0 Å². The summed E-state index contributed by atoms with van der Waals surface area (Å²) in [5.41, 5.74) is 0.873. The van der Waals surface area contributed by atoms with Crippen LogP contribution in [-0.4, -0.2) is 53.9 Å².